The lowest BCUT2D eigenvalue weighted by molar-refractivity contribution is 0.567. The second-order valence-electron chi connectivity index (χ2n) is 4.21. The van der Waals surface area contributed by atoms with Crippen molar-refractivity contribution < 1.29 is 4.79 Å². The zero-order chi connectivity index (χ0) is 11.9. The molecule has 0 radical (unpaired) electrons. The highest BCUT2D eigenvalue weighted by atomic mass is 16.1. The van der Waals surface area contributed by atoms with Crippen LogP contribution in [0.15, 0.2) is 48.5 Å². The van der Waals surface area contributed by atoms with Gasteiger partial charge in [-0.1, -0.05) is 42.5 Å². The number of fused-ring (bicyclic) bond motifs is 1. The van der Waals surface area contributed by atoms with Crippen LogP contribution in [-0.4, -0.2) is 5.94 Å². The Hall–Kier alpha value is -1.85. The van der Waals surface area contributed by atoms with Crippen molar-refractivity contribution >= 4 is 16.7 Å². The molecule has 0 N–H and O–H groups in total. The van der Waals surface area contributed by atoms with E-state index in [1.807, 2.05) is 5.94 Å². The normalized spacial score (nSPS) is 10.1. The van der Waals surface area contributed by atoms with Gasteiger partial charge in [0.1, 0.15) is 5.94 Å². The Balaban J connectivity index is 2.05. The molecule has 0 saturated heterocycles. The molecule has 0 bridgehead atoms. The van der Waals surface area contributed by atoms with Crippen molar-refractivity contribution in [3.05, 3.63) is 54.1 Å². The predicted octanol–water partition coefficient (Wildman–Crippen LogP) is 3.94. The van der Waals surface area contributed by atoms with Gasteiger partial charge in [0.2, 0.25) is 0 Å². The predicted molar refractivity (Wildman–Crippen MR) is 71.8 cm³/mol. The van der Waals surface area contributed by atoms with E-state index in [9.17, 15) is 4.79 Å². The van der Waals surface area contributed by atoms with Crippen LogP contribution < -0.4 is 0 Å². The molecule has 0 aliphatic carbocycles. The SMILES string of the molecule is O=C=CCCCCc1cccc2ccccc12. The summed E-state index contributed by atoms with van der Waals surface area (Å²) in [5.41, 5.74) is 1.40. The van der Waals surface area contributed by atoms with Crippen LogP contribution in [0.5, 0.6) is 0 Å². The highest BCUT2D eigenvalue weighted by molar-refractivity contribution is 5.85. The Morgan fingerprint density at radius 1 is 1.00 bits per heavy atom. The van der Waals surface area contributed by atoms with Gasteiger partial charge in [-0.05, 0) is 48.1 Å². The molecule has 86 valence electrons. The summed E-state index contributed by atoms with van der Waals surface area (Å²) in [7, 11) is 0. The van der Waals surface area contributed by atoms with Gasteiger partial charge in [-0.3, -0.25) is 0 Å². The van der Waals surface area contributed by atoms with E-state index in [1.165, 1.54) is 16.3 Å². The number of hydrogen-bond donors (Lipinski definition) is 0. The van der Waals surface area contributed by atoms with Crippen LogP contribution in [0.4, 0.5) is 0 Å². The van der Waals surface area contributed by atoms with Crippen molar-refractivity contribution in [2.45, 2.75) is 25.7 Å². The summed E-state index contributed by atoms with van der Waals surface area (Å²) < 4.78 is 0. The molecule has 0 unspecified atom stereocenters. The molecule has 1 heteroatoms. The Bertz CT molecular complexity index is 531. The molecule has 1 nitrogen and oxygen atoms in total. The Kier molecular flexibility index (Phi) is 4.12. The number of unbranched alkanes of at least 4 members (excludes halogenated alkanes) is 2. The highest BCUT2D eigenvalue weighted by Crippen LogP contribution is 2.20. The zero-order valence-electron chi connectivity index (χ0n) is 9.86. The van der Waals surface area contributed by atoms with Crippen LogP contribution in [0.25, 0.3) is 10.8 Å². The maximum absolute atomic E-state index is 10.0. The van der Waals surface area contributed by atoms with Crippen LogP contribution in [0.2, 0.25) is 0 Å². The van der Waals surface area contributed by atoms with E-state index >= 15 is 0 Å². The van der Waals surface area contributed by atoms with Crippen LogP contribution in [-0.2, 0) is 11.2 Å². The van der Waals surface area contributed by atoms with Gasteiger partial charge in [-0.15, -0.1) is 0 Å². The lowest BCUT2D eigenvalue weighted by Crippen LogP contribution is -1.87. The third-order valence-corrected chi connectivity index (χ3v) is 3.01. The van der Waals surface area contributed by atoms with E-state index in [0.29, 0.717) is 0 Å². The van der Waals surface area contributed by atoms with Gasteiger partial charge in [0.15, 0.2) is 0 Å². The molecule has 0 spiro atoms. The first-order valence-electron chi connectivity index (χ1n) is 6.08. The minimum atomic E-state index is 0.842. The Morgan fingerprint density at radius 2 is 1.82 bits per heavy atom. The number of benzene rings is 2. The van der Waals surface area contributed by atoms with Crippen LogP contribution in [0.1, 0.15) is 24.8 Å². The molecule has 17 heavy (non-hydrogen) atoms. The monoisotopic (exact) mass is 224 g/mol. The maximum atomic E-state index is 10.0. The standard InChI is InChI=1S/C16H16O/c17-13-6-2-1-3-8-14-10-7-11-15-9-4-5-12-16(14)15/h4-7,9-12H,1-3,8H2. The summed E-state index contributed by atoms with van der Waals surface area (Å²) in [5, 5.41) is 2.65. The summed E-state index contributed by atoms with van der Waals surface area (Å²) in [4.78, 5) is 10.0. The molecule has 2 aromatic carbocycles. The molecule has 2 aromatic rings. The van der Waals surface area contributed by atoms with Crippen molar-refractivity contribution in [3.63, 3.8) is 0 Å². The van der Waals surface area contributed by atoms with Crippen LogP contribution in [0.3, 0.4) is 0 Å². The van der Waals surface area contributed by atoms with Crippen LogP contribution in [0, 0.1) is 0 Å². The lowest BCUT2D eigenvalue weighted by Gasteiger charge is -2.05. The van der Waals surface area contributed by atoms with E-state index in [2.05, 4.69) is 42.5 Å². The fourth-order valence-electron chi connectivity index (χ4n) is 2.13. The largest absolute Gasteiger partial charge is 0.234 e. The molecule has 0 aliphatic heterocycles. The summed E-state index contributed by atoms with van der Waals surface area (Å²) in [5.74, 6) is 1.82. The van der Waals surface area contributed by atoms with Gasteiger partial charge in [-0.25, -0.2) is 4.79 Å². The first-order valence-corrected chi connectivity index (χ1v) is 6.08. The van der Waals surface area contributed by atoms with Gasteiger partial charge in [0.25, 0.3) is 0 Å². The van der Waals surface area contributed by atoms with Crippen LogP contribution >= 0.6 is 0 Å². The molecular weight excluding hydrogens is 208 g/mol. The average Bonchev–Trinajstić information content (AvgIpc) is 2.39. The van der Waals surface area contributed by atoms with E-state index in [-0.39, 0.29) is 0 Å². The Labute approximate surface area is 102 Å². The van der Waals surface area contributed by atoms with Gasteiger partial charge in [0.05, 0.1) is 0 Å². The molecule has 0 amide bonds. The van der Waals surface area contributed by atoms with Crippen molar-refractivity contribution in [2.24, 2.45) is 0 Å². The van der Waals surface area contributed by atoms with E-state index in [1.54, 1.807) is 6.08 Å². The van der Waals surface area contributed by atoms with E-state index < -0.39 is 0 Å². The number of aryl methyl sites for hydroxylation is 1. The third-order valence-electron chi connectivity index (χ3n) is 3.01. The number of hydrogen-bond acceptors (Lipinski definition) is 1. The van der Waals surface area contributed by atoms with Crippen molar-refractivity contribution in [3.8, 4) is 0 Å². The topological polar surface area (TPSA) is 17.1 Å². The lowest BCUT2D eigenvalue weighted by atomic mass is 10.00. The molecule has 0 aliphatic rings. The number of allylic oxidation sites excluding steroid dienone is 1. The van der Waals surface area contributed by atoms with Gasteiger partial charge < -0.3 is 0 Å². The fraction of sp³-hybridized carbons (Fsp3) is 0.250. The van der Waals surface area contributed by atoms with Gasteiger partial charge >= 0.3 is 0 Å². The molecule has 2 rings (SSSR count). The third kappa shape index (κ3) is 3.05. The summed E-state index contributed by atoms with van der Waals surface area (Å²) in [6, 6.07) is 14.9. The molecule has 0 fully saturated rings. The smallest absolute Gasteiger partial charge is 0.120 e. The summed E-state index contributed by atoms with van der Waals surface area (Å²) in [6.07, 6.45) is 5.66. The van der Waals surface area contributed by atoms with E-state index in [4.69, 9.17) is 0 Å². The highest BCUT2D eigenvalue weighted by Gasteiger charge is 1.99. The van der Waals surface area contributed by atoms with Crippen molar-refractivity contribution in [1.82, 2.24) is 0 Å². The summed E-state index contributed by atoms with van der Waals surface area (Å²) in [6.45, 7) is 0. The number of rotatable bonds is 5. The molecule has 0 atom stereocenters. The fourth-order valence-corrected chi connectivity index (χ4v) is 2.13. The summed E-state index contributed by atoms with van der Waals surface area (Å²) >= 11 is 0. The number of carbonyl (C=O) groups excluding carboxylic acids is 1. The average molecular weight is 224 g/mol. The zero-order valence-corrected chi connectivity index (χ0v) is 9.86. The quantitative estimate of drug-likeness (QED) is 0.555. The van der Waals surface area contributed by atoms with E-state index in [0.717, 1.165) is 25.7 Å². The van der Waals surface area contributed by atoms with Gasteiger partial charge in [0, 0.05) is 0 Å². The first kappa shape index (κ1) is 11.6. The van der Waals surface area contributed by atoms with Gasteiger partial charge in [-0.2, -0.15) is 0 Å². The molecule has 0 aromatic heterocycles. The second kappa shape index (κ2) is 6.03. The molecule has 0 heterocycles. The minimum absolute atomic E-state index is 0.842. The molecule has 0 saturated carbocycles. The maximum Gasteiger partial charge on any atom is 0.120 e. The van der Waals surface area contributed by atoms with Crippen molar-refractivity contribution in [2.75, 3.05) is 0 Å². The van der Waals surface area contributed by atoms with Crippen molar-refractivity contribution in [1.29, 1.82) is 0 Å². The first-order chi connectivity index (χ1) is 8.42. The second-order valence-corrected chi connectivity index (χ2v) is 4.21. The molecular formula is C16H16O. The minimum Gasteiger partial charge on any atom is -0.234 e. The Morgan fingerprint density at radius 3 is 2.71 bits per heavy atom.